The van der Waals surface area contributed by atoms with Crippen molar-refractivity contribution in [3.63, 3.8) is 0 Å². The van der Waals surface area contributed by atoms with Gasteiger partial charge in [-0.2, -0.15) is 0 Å². The Kier molecular flexibility index (Phi) is 7.03. The Morgan fingerprint density at radius 1 is 0.833 bits per heavy atom. The van der Waals surface area contributed by atoms with Gasteiger partial charge in [-0.1, -0.05) is 105 Å². The van der Waals surface area contributed by atoms with Gasteiger partial charge < -0.3 is 14.9 Å². The van der Waals surface area contributed by atoms with Crippen molar-refractivity contribution in [2.75, 3.05) is 0 Å². The van der Waals surface area contributed by atoms with Crippen LogP contribution in [0.5, 0.6) is 0 Å². The van der Waals surface area contributed by atoms with Gasteiger partial charge in [-0.05, 0) is 22.6 Å². The van der Waals surface area contributed by atoms with Gasteiger partial charge in [-0.3, -0.25) is 4.79 Å². The summed E-state index contributed by atoms with van der Waals surface area (Å²) in [5.41, 5.74) is 0.284. The Hall–Kier alpha value is -2.95. The van der Waals surface area contributed by atoms with Crippen molar-refractivity contribution in [1.82, 2.24) is 0 Å². The highest BCUT2D eigenvalue weighted by atomic mass is 16.6. The topological polar surface area (TPSA) is 66.8 Å². The summed E-state index contributed by atoms with van der Waals surface area (Å²) < 4.78 is 5.88. The molecule has 3 aromatic rings. The summed E-state index contributed by atoms with van der Waals surface area (Å²) in [6.45, 7) is 3.69. The average molecular weight is 405 g/mol. The Morgan fingerprint density at radius 3 is 1.70 bits per heavy atom. The zero-order chi connectivity index (χ0) is 21.6. The largest absolute Gasteiger partial charge is 0.454 e. The Morgan fingerprint density at radius 2 is 1.27 bits per heavy atom. The van der Waals surface area contributed by atoms with Crippen molar-refractivity contribution >= 4 is 5.97 Å². The third kappa shape index (κ3) is 4.78. The van der Waals surface area contributed by atoms with Crippen LogP contribution in [0.1, 0.15) is 43.1 Å². The van der Waals surface area contributed by atoms with Crippen LogP contribution in [0.15, 0.2) is 91.0 Å². The minimum atomic E-state index is -1.61. The first-order chi connectivity index (χ1) is 14.4. The van der Waals surface area contributed by atoms with E-state index in [0.717, 1.165) is 0 Å². The molecule has 0 heterocycles. The van der Waals surface area contributed by atoms with Crippen LogP contribution in [0.4, 0.5) is 0 Å². The molecule has 0 aliphatic heterocycles. The van der Waals surface area contributed by atoms with E-state index in [1.54, 1.807) is 0 Å². The molecule has 0 aliphatic carbocycles. The summed E-state index contributed by atoms with van der Waals surface area (Å²) in [4.78, 5) is 12.8. The summed E-state index contributed by atoms with van der Waals surface area (Å²) in [6.07, 6.45) is -1.94. The van der Waals surface area contributed by atoms with E-state index in [2.05, 4.69) is 0 Å². The van der Waals surface area contributed by atoms with Crippen LogP contribution < -0.4 is 0 Å². The third-order valence-corrected chi connectivity index (χ3v) is 5.30. The maximum absolute atomic E-state index is 12.8. The molecule has 0 radical (unpaired) electrons. The van der Waals surface area contributed by atoms with Crippen molar-refractivity contribution in [3.05, 3.63) is 108 Å². The van der Waals surface area contributed by atoms with Gasteiger partial charge in [-0.15, -0.1) is 0 Å². The molecule has 30 heavy (non-hydrogen) atoms. The quantitative estimate of drug-likeness (QED) is 0.538. The van der Waals surface area contributed by atoms with E-state index in [-0.39, 0.29) is 12.3 Å². The summed E-state index contributed by atoms with van der Waals surface area (Å²) in [5.74, 6) is -0.634. The molecule has 0 aliphatic rings. The second-order valence-corrected chi connectivity index (χ2v) is 7.79. The lowest BCUT2D eigenvalue weighted by molar-refractivity contribution is -0.166. The smallest absolute Gasteiger partial charge is 0.309 e. The first-order valence-corrected chi connectivity index (χ1v) is 10.2. The Labute approximate surface area is 177 Å². The highest BCUT2D eigenvalue weighted by Gasteiger charge is 2.44. The van der Waals surface area contributed by atoms with Crippen LogP contribution in [0.3, 0.4) is 0 Å². The van der Waals surface area contributed by atoms with Crippen molar-refractivity contribution in [2.45, 2.75) is 38.1 Å². The minimum absolute atomic E-state index is 0.0742. The lowest BCUT2D eigenvalue weighted by Crippen LogP contribution is -2.38. The summed E-state index contributed by atoms with van der Waals surface area (Å²) >= 11 is 0. The molecule has 2 atom stereocenters. The van der Waals surface area contributed by atoms with Gasteiger partial charge in [0.05, 0.1) is 12.5 Å². The molecule has 2 N–H and O–H groups in total. The van der Waals surface area contributed by atoms with Crippen LogP contribution in [0.2, 0.25) is 0 Å². The molecule has 0 fully saturated rings. The fraction of sp³-hybridized carbons (Fsp3) is 0.269. The molecule has 0 unspecified atom stereocenters. The van der Waals surface area contributed by atoms with E-state index in [1.165, 1.54) is 0 Å². The molecular formula is C26H28O4. The maximum Gasteiger partial charge on any atom is 0.309 e. The third-order valence-electron chi connectivity index (χ3n) is 5.30. The Bertz CT molecular complexity index is 884. The van der Waals surface area contributed by atoms with Crippen LogP contribution in [-0.4, -0.2) is 22.3 Å². The van der Waals surface area contributed by atoms with Gasteiger partial charge in [0.2, 0.25) is 0 Å². The number of ether oxygens (including phenoxy) is 1. The molecule has 0 amide bonds. The summed E-state index contributed by atoms with van der Waals surface area (Å²) in [6, 6.07) is 27.6. The fourth-order valence-corrected chi connectivity index (χ4v) is 3.46. The summed E-state index contributed by atoms with van der Waals surface area (Å²) in [5, 5.41) is 22.3. The summed E-state index contributed by atoms with van der Waals surface area (Å²) in [7, 11) is 0. The number of carbonyl (C=O) groups excluding carboxylic acids is 1. The molecule has 0 spiro atoms. The van der Waals surface area contributed by atoms with Crippen LogP contribution in [-0.2, 0) is 15.1 Å². The first-order valence-electron chi connectivity index (χ1n) is 10.2. The van der Waals surface area contributed by atoms with E-state index in [4.69, 9.17) is 4.74 Å². The van der Waals surface area contributed by atoms with Gasteiger partial charge in [0.15, 0.2) is 11.7 Å². The van der Waals surface area contributed by atoms with E-state index in [1.807, 2.05) is 105 Å². The zero-order valence-electron chi connectivity index (χ0n) is 17.3. The second-order valence-electron chi connectivity index (χ2n) is 7.79. The normalized spacial score (nSPS) is 13.6. The number of rotatable bonds is 8. The van der Waals surface area contributed by atoms with Gasteiger partial charge >= 0.3 is 5.97 Å². The van der Waals surface area contributed by atoms with Gasteiger partial charge in [0.25, 0.3) is 0 Å². The minimum Gasteiger partial charge on any atom is -0.454 e. The average Bonchev–Trinajstić information content (AvgIpc) is 2.78. The predicted octanol–water partition coefficient (Wildman–Crippen LogP) is 4.61. The molecule has 3 rings (SSSR count). The Balaban J connectivity index is 2.10. The second kappa shape index (κ2) is 9.70. The van der Waals surface area contributed by atoms with Crippen LogP contribution in [0, 0.1) is 5.92 Å². The standard InChI is InChI=1S/C26H28O4/c1-19(2)23(27)18-24(28)30-25(20-12-6-3-7-13-20)26(29,21-14-8-4-9-15-21)22-16-10-5-11-17-22/h3-17,19,23,25,27,29H,18H2,1-2H3/t23-,25-/m1/s1. The number of carbonyl (C=O) groups is 1. The maximum atomic E-state index is 12.8. The van der Waals surface area contributed by atoms with Gasteiger partial charge in [0, 0.05) is 0 Å². The number of esters is 1. The van der Waals surface area contributed by atoms with Gasteiger partial charge in [-0.25, -0.2) is 0 Å². The van der Waals surface area contributed by atoms with E-state index in [9.17, 15) is 15.0 Å². The molecule has 4 heteroatoms. The van der Waals surface area contributed by atoms with E-state index < -0.39 is 23.8 Å². The number of hydrogen-bond donors (Lipinski definition) is 2. The van der Waals surface area contributed by atoms with Gasteiger partial charge in [0.1, 0.15) is 0 Å². The zero-order valence-corrected chi connectivity index (χ0v) is 17.3. The lowest BCUT2D eigenvalue weighted by atomic mass is 9.79. The predicted molar refractivity (Wildman–Crippen MR) is 117 cm³/mol. The monoisotopic (exact) mass is 404 g/mol. The number of benzene rings is 3. The molecule has 3 aromatic carbocycles. The number of aliphatic hydroxyl groups excluding tert-OH is 1. The first kappa shape index (κ1) is 21.8. The molecule has 156 valence electrons. The lowest BCUT2D eigenvalue weighted by Gasteiger charge is -2.37. The highest BCUT2D eigenvalue weighted by molar-refractivity contribution is 5.70. The molecule has 0 aromatic heterocycles. The van der Waals surface area contributed by atoms with Crippen molar-refractivity contribution < 1.29 is 19.7 Å². The SMILES string of the molecule is CC(C)[C@H](O)CC(=O)O[C@H](c1ccccc1)C(O)(c1ccccc1)c1ccccc1. The van der Waals surface area contributed by atoms with Crippen molar-refractivity contribution in [2.24, 2.45) is 5.92 Å². The molecule has 0 saturated heterocycles. The van der Waals surface area contributed by atoms with Crippen LogP contribution >= 0.6 is 0 Å². The van der Waals surface area contributed by atoms with Crippen molar-refractivity contribution in [1.29, 1.82) is 0 Å². The molecule has 0 saturated carbocycles. The highest BCUT2D eigenvalue weighted by Crippen LogP contribution is 2.43. The molecule has 0 bridgehead atoms. The number of hydrogen-bond acceptors (Lipinski definition) is 4. The number of aliphatic hydroxyl groups is 2. The van der Waals surface area contributed by atoms with Crippen LogP contribution in [0.25, 0.3) is 0 Å². The van der Waals surface area contributed by atoms with Crippen molar-refractivity contribution in [3.8, 4) is 0 Å². The molecule has 4 nitrogen and oxygen atoms in total. The van der Waals surface area contributed by atoms with E-state index >= 15 is 0 Å². The van der Waals surface area contributed by atoms with E-state index in [0.29, 0.717) is 16.7 Å². The molecular weight excluding hydrogens is 376 g/mol. The fourth-order valence-electron chi connectivity index (χ4n) is 3.46.